The summed E-state index contributed by atoms with van der Waals surface area (Å²) >= 11 is 3.47. The Labute approximate surface area is 190 Å². The molecule has 2 heterocycles. The molecule has 2 amide bonds. The number of anilines is 1. The standard InChI is InChI=1S/C24H26BrN3O3/c1-15-5-4-6-20(16(15)2)26-22(29)14-27-9-11-28(12-10-27)24(30)23-17(3)19-13-18(25)7-8-21(19)31-23/h4-8,13H,9-12,14H2,1-3H3,(H,26,29). The summed E-state index contributed by atoms with van der Waals surface area (Å²) in [5.41, 5.74) is 4.66. The minimum absolute atomic E-state index is 0.0350. The van der Waals surface area contributed by atoms with E-state index in [-0.39, 0.29) is 11.8 Å². The molecule has 31 heavy (non-hydrogen) atoms. The second-order valence-electron chi connectivity index (χ2n) is 8.06. The third kappa shape index (κ3) is 4.52. The van der Waals surface area contributed by atoms with Crippen LogP contribution in [0.1, 0.15) is 27.2 Å². The van der Waals surface area contributed by atoms with Gasteiger partial charge in [0, 0.05) is 47.3 Å². The van der Waals surface area contributed by atoms with E-state index < -0.39 is 0 Å². The Morgan fingerprint density at radius 2 is 1.77 bits per heavy atom. The lowest BCUT2D eigenvalue weighted by atomic mass is 10.1. The van der Waals surface area contributed by atoms with E-state index in [1.54, 1.807) is 4.90 Å². The smallest absolute Gasteiger partial charge is 0.289 e. The number of rotatable bonds is 4. The summed E-state index contributed by atoms with van der Waals surface area (Å²) in [7, 11) is 0. The lowest BCUT2D eigenvalue weighted by Crippen LogP contribution is -2.50. The highest BCUT2D eigenvalue weighted by atomic mass is 79.9. The lowest BCUT2D eigenvalue weighted by Gasteiger charge is -2.34. The number of aryl methyl sites for hydroxylation is 2. The Hall–Kier alpha value is -2.64. The predicted molar refractivity (Wildman–Crippen MR) is 126 cm³/mol. The number of hydrogen-bond donors (Lipinski definition) is 1. The van der Waals surface area contributed by atoms with Crippen LogP contribution in [0.4, 0.5) is 5.69 Å². The number of halogens is 1. The number of nitrogens with one attached hydrogen (secondary N) is 1. The van der Waals surface area contributed by atoms with Crippen molar-refractivity contribution in [2.24, 2.45) is 0 Å². The van der Waals surface area contributed by atoms with E-state index in [0.717, 1.165) is 32.2 Å². The molecule has 1 aliphatic rings. The Kier molecular flexibility index (Phi) is 6.16. The Morgan fingerprint density at radius 3 is 2.52 bits per heavy atom. The quantitative estimate of drug-likeness (QED) is 0.592. The second kappa shape index (κ2) is 8.85. The number of furan rings is 1. The first kappa shape index (κ1) is 21.6. The van der Waals surface area contributed by atoms with Crippen molar-refractivity contribution in [3.8, 4) is 0 Å². The second-order valence-corrected chi connectivity index (χ2v) is 8.98. The fourth-order valence-electron chi connectivity index (χ4n) is 3.93. The molecule has 1 aromatic heterocycles. The van der Waals surface area contributed by atoms with Crippen LogP contribution >= 0.6 is 15.9 Å². The number of piperazine rings is 1. The number of fused-ring (bicyclic) bond motifs is 1. The first-order valence-electron chi connectivity index (χ1n) is 10.4. The van der Waals surface area contributed by atoms with Crippen molar-refractivity contribution >= 4 is 44.4 Å². The molecule has 0 bridgehead atoms. The largest absolute Gasteiger partial charge is 0.451 e. The minimum Gasteiger partial charge on any atom is -0.451 e. The van der Waals surface area contributed by atoms with Crippen molar-refractivity contribution in [1.82, 2.24) is 9.80 Å². The molecule has 2 aromatic carbocycles. The molecule has 7 heteroatoms. The van der Waals surface area contributed by atoms with Crippen LogP contribution in [0.3, 0.4) is 0 Å². The summed E-state index contributed by atoms with van der Waals surface area (Å²) in [5.74, 6) is 0.269. The molecule has 1 N–H and O–H groups in total. The van der Waals surface area contributed by atoms with E-state index in [2.05, 4.69) is 26.1 Å². The van der Waals surface area contributed by atoms with Crippen molar-refractivity contribution in [3.05, 3.63) is 63.3 Å². The van der Waals surface area contributed by atoms with Crippen molar-refractivity contribution in [2.45, 2.75) is 20.8 Å². The van der Waals surface area contributed by atoms with E-state index in [0.29, 0.717) is 44.1 Å². The fourth-order valence-corrected chi connectivity index (χ4v) is 4.29. The maximum Gasteiger partial charge on any atom is 0.289 e. The van der Waals surface area contributed by atoms with Gasteiger partial charge in [-0.15, -0.1) is 0 Å². The molecule has 1 aliphatic heterocycles. The highest BCUT2D eigenvalue weighted by Gasteiger charge is 2.27. The first-order valence-corrected chi connectivity index (χ1v) is 11.2. The van der Waals surface area contributed by atoms with Crippen LogP contribution in [-0.4, -0.2) is 54.3 Å². The number of carbonyl (C=O) groups excluding carboxylic acids is 2. The maximum atomic E-state index is 13.0. The van der Waals surface area contributed by atoms with Gasteiger partial charge in [-0.05, 0) is 56.2 Å². The highest BCUT2D eigenvalue weighted by Crippen LogP contribution is 2.29. The van der Waals surface area contributed by atoms with Gasteiger partial charge >= 0.3 is 0 Å². The van der Waals surface area contributed by atoms with Crippen molar-refractivity contribution < 1.29 is 14.0 Å². The zero-order valence-corrected chi connectivity index (χ0v) is 19.6. The predicted octanol–water partition coefficient (Wildman–Crippen LogP) is 4.52. The molecule has 162 valence electrons. The molecule has 1 saturated heterocycles. The summed E-state index contributed by atoms with van der Waals surface area (Å²) in [6.45, 7) is 8.70. The lowest BCUT2D eigenvalue weighted by molar-refractivity contribution is -0.117. The van der Waals surface area contributed by atoms with Crippen LogP contribution < -0.4 is 5.32 Å². The van der Waals surface area contributed by atoms with Crippen molar-refractivity contribution in [2.75, 3.05) is 38.0 Å². The summed E-state index contributed by atoms with van der Waals surface area (Å²) in [6.07, 6.45) is 0. The minimum atomic E-state index is -0.0932. The van der Waals surface area contributed by atoms with E-state index in [1.807, 2.05) is 57.2 Å². The van der Waals surface area contributed by atoms with E-state index in [4.69, 9.17) is 4.42 Å². The molecule has 0 atom stereocenters. The summed E-state index contributed by atoms with van der Waals surface area (Å²) < 4.78 is 6.81. The number of hydrogen-bond acceptors (Lipinski definition) is 4. The van der Waals surface area contributed by atoms with Gasteiger partial charge in [-0.25, -0.2) is 0 Å². The average molecular weight is 484 g/mol. The van der Waals surface area contributed by atoms with E-state index in [1.165, 1.54) is 0 Å². The molecule has 0 aliphatic carbocycles. The first-order chi connectivity index (χ1) is 14.8. The van der Waals surface area contributed by atoms with Gasteiger partial charge in [0.25, 0.3) is 5.91 Å². The number of nitrogens with zero attached hydrogens (tertiary/aromatic N) is 2. The zero-order chi connectivity index (χ0) is 22.1. The van der Waals surface area contributed by atoms with Crippen LogP contribution in [-0.2, 0) is 4.79 Å². The van der Waals surface area contributed by atoms with Crippen LogP contribution in [0.25, 0.3) is 11.0 Å². The molecule has 1 fully saturated rings. The average Bonchev–Trinajstić information content (AvgIpc) is 3.07. The van der Waals surface area contributed by atoms with Gasteiger partial charge in [0.05, 0.1) is 6.54 Å². The van der Waals surface area contributed by atoms with Crippen molar-refractivity contribution in [3.63, 3.8) is 0 Å². The van der Waals surface area contributed by atoms with Gasteiger partial charge in [-0.1, -0.05) is 28.1 Å². The Balaban J connectivity index is 1.35. The van der Waals surface area contributed by atoms with Gasteiger partial charge in [0.2, 0.25) is 5.91 Å². The SMILES string of the molecule is Cc1cccc(NC(=O)CN2CCN(C(=O)c3oc4ccc(Br)cc4c3C)CC2)c1C. The van der Waals surface area contributed by atoms with Crippen molar-refractivity contribution in [1.29, 1.82) is 0 Å². The maximum absolute atomic E-state index is 13.0. The molecule has 0 unspecified atom stereocenters. The Bertz CT molecular complexity index is 1150. The summed E-state index contributed by atoms with van der Waals surface area (Å²) in [4.78, 5) is 29.4. The topological polar surface area (TPSA) is 65.8 Å². The molecule has 0 radical (unpaired) electrons. The molecule has 3 aromatic rings. The van der Waals surface area contributed by atoms with Gasteiger partial charge in [0.1, 0.15) is 5.58 Å². The molecule has 6 nitrogen and oxygen atoms in total. The van der Waals surface area contributed by atoms with Crippen LogP contribution in [0, 0.1) is 20.8 Å². The monoisotopic (exact) mass is 483 g/mol. The molecule has 0 saturated carbocycles. The van der Waals surface area contributed by atoms with Gasteiger partial charge in [-0.2, -0.15) is 0 Å². The summed E-state index contributed by atoms with van der Waals surface area (Å²) in [6, 6.07) is 11.6. The fraction of sp³-hybridized carbons (Fsp3) is 0.333. The third-order valence-corrected chi connectivity index (χ3v) is 6.49. The molecular weight excluding hydrogens is 458 g/mol. The van der Waals surface area contributed by atoms with Gasteiger partial charge in [-0.3, -0.25) is 14.5 Å². The third-order valence-electron chi connectivity index (χ3n) is 6.00. The van der Waals surface area contributed by atoms with Crippen LogP contribution in [0.2, 0.25) is 0 Å². The van der Waals surface area contributed by atoms with E-state index in [9.17, 15) is 9.59 Å². The number of carbonyl (C=O) groups is 2. The Morgan fingerprint density at radius 1 is 1.03 bits per heavy atom. The zero-order valence-electron chi connectivity index (χ0n) is 18.0. The number of amides is 2. The highest BCUT2D eigenvalue weighted by molar-refractivity contribution is 9.10. The van der Waals surface area contributed by atoms with Crippen LogP contribution in [0.5, 0.6) is 0 Å². The normalized spacial score (nSPS) is 14.8. The van der Waals surface area contributed by atoms with E-state index >= 15 is 0 Å². The van der Waals surface area contributed by atoms with Gasteiger partial charge < -0.3 is 14.6 Å². The van der Waals surface area contributed by atoms with Gasteiger partial charge in [0.15, 0.2) is 5.76 Å². The number of benzene rings is 2. The van der Waals surface area contributed by atoms with Crippen LogP contribution in [0.15, 0.2) is 45.3 Å². The summed E-state index contributed by atoms with van der Waals surface area (Å²) in [5, 5.41) is 3.95. The molecule has 4 rings (SSSR count). The molecule has 0 spiro atoms. The molecular formula is C24H26BrN3O3.